The van der Waals surface area contributed by atoms with E-state index in [0.29, 0.717) is 0 Å². The second-order valence-electron chi connectivity index (χ2n) is 6.85. The molecule has 3 heteroatoms. The zero-order valence-electron chi connectivity index (χ0n) is 13.5. The third kappa shape index (κ3) is 3.51. The lowest BCUT2D eigenvalue weighted by atomic mass is 9.91. The van der Waals surface area contributed by atoms with Gasteiger partial charge in [-0.25, -0.2) is 4.98 Å². The lowest BCUT2D eigenvalue weighted by Gasteiger charge is -2.36. The Bertz CT molecular complexity index is 694. The van der Waals surface area contributed by atoms with Crippen molar-refractivity contribution < 1.29 is 0 Å². The first-order chi connectivity index (χ1) is 11.3. The molecule has 0 N–H and O–H groups in total. The molecule has 1 aromatic carbocycles. The molecule has 0 spiro atoms. The van der Waals surface area contributed by atoms with Gasteiger partial charge < -0.3 is 0 Å². The number of benzene rings is 1. The van der Waals surface area contributed by atoms with Crippen LogP contribution in [0.1, 0.15) is 41.6 Å². The summed E-state index contributed by atoms with van der Waals surface area (Å²) in [6.45, 7) is 2.47. The first-order valence-electron chi connectivity index (χ1n) is 8.74. The lowest BCUT2D eigenvalue weighted by molar-refractivity contribution is 0.133. The molecule has 1 aliphatic heterocycles. The molecule has 2 aliphatic rings. The van der Waals surface area contributed by atoms with Gasteiger partial charge in [0.2, 0.25) is 0 Å². The number of hydrogen-bond donors (Lipinski definition) is 0. The maximum absolute atomic E-state index is 4.56. The normalized spacial score (nSPS) is 19.0. The third-order valence-electron chi connectivity index (χ3n) is 5.36. The number of halogens is 1. The molecule has 0 radical (unpaired) electrons. The van der Waals surface area contributed by atoms with Gasteiger partial charge in [-0.3, -0.25) is 4.90 Å². The van der Waals surface area contributed by atoms with Crippen LogP contribution < -0.4 is 0 Å². The van der Waals surface area contributed by atoms with Crippen LogP contribution in [0, 0.1) is 0 Å². The van der Waals surface area contributed by atoms with Crippen molar-refractivity contribution in [1.82, 2.24) is 9.88 Å². The molecule has 120 valence electrons. The summed E-state index contributed by atoms with van der Waals surface area (Å²) in [5.41, 5.74) is 5.62. The summed E-state index contributed by atoms with van der Waals surface area (Å²) in [5.74, 6) is 0. The van der Waals surface area contributed by atoms with Crippen molar-refractivity contribution in [2.75, 3.05) is 13.1 Å². The van der Waals surface area contributed by atoms with Crippen LogP contribution in [0.4, 0.5) is 0 Å². The van der Waals surface area contributed by atoms with Gasteiger partial charge in [0, 0.05) is 31.2 Å². The van der Waals surface area contributed by atoms with Gasteiger partial charge in [-0.1, -0.05) is 30.7 Å². The van der Waals surface area contributed by atoms with E-state index in [1.165, 1.54) is 50.8 Å². The Balaban J connectivity index is 1.49. The smallest absolute Gasteiger partial charge is 0.106 e. The van der Waals surface area contributed by atoms with Gasteiger partial charge in [0.25, 0.3) is 0 Å². The maximum atomic E-state index is 4.56. The molecule has 0 saturated heterocycles. The van der Waals surface area contributed by atoms with Crippen molar-refractivity contribution in [3.05, 3.63) is 63.4 Å². The van der Waals surface area contributed by atoms with E-state index in [1.807, 2.05) is 6.07 Å². The van der Waals surface area contributed by atoms with Crippen LogP contribution in [-0.4, -0.2) is 29.0 Å². The number of nitrogens with zero attached hydrogens (tertiary/aromatic N) is 2. The molecule has 0 unspecified atom stereocenters. The highest BCUT2D eigenvalue weighted by Crippen LogP contribution is 2.28. The Hall–Kier alpha value is -1.19. The van der Waals surface area contributed by atoms with Gasteiger partial charge >= 0.3 is 0 Å². The number of fused-ring (bicyclic) bond motifs is 1. The van der Waals surface area contributed by atoms with Crippen LogP contribution in [0.2, 0.25) is 0 Å². The summed E-state index contributed by atoms with van der Waals surface area (Å²) in [6, 6.07) is 14.1. The minimum absolute atomic E-state index is 0.870. The van der Waals surface area contributed by atoms with Crippen molar-refractivity contribution in [3.63, 3.8) is 0 Å². The minimum Gasteiger partial charge on any atom is -0.300 e. The monoisotopic (exact) mass is 370 g/mol. The molecule has 2 aromatic rings. The highest BCUT2D eigenvalue weighted by molar-refractivity contribution is 9.10. The summed E-state index contributed by atoms with van der Waals surface area (Å²) in [4.78, 5) is 7.28. The predicted molar refractivity (Wildman–Crippen MR) is 97.8 cm³/mol. The Morgan fingerprint density at radius 2 is 1.87 bits per heavy atom. The highest BCUT2D eigenvalue weighted by Gasteiger charge is 2.26. The average molecular weight is 371 g/mol. The molecule has 2 heterocycles. The standard InChI is InChI=1S/C20H23BrN2/c21-20-6-1-3-18(22-20)14-15-7-8-16-9-11-23(19-4-2-5-19)12-10-17(16)13-15/h1,3,6-8,13,19H,2,4-5,9-12,14H2. The molecule has 1 aromatic heterocycles. The quantitative estimate of drug-likeness (QED) is 0.744. The topological polar surface area (TPSA) is 16.1 Å². The van der Waals surface area contributed by atoms with E-state index in [1.54, 1.807) is 11.1 Å². The first kappa shape index (κ1) is 15.3. The molecular formula is C20H23BrN2. The molecule has 0 atom stereocenters. The predicted octanol–water partition coefficient (Wildman–Crippen LogP) is 4.39. The molecule has 1 aliphatic carbocycles. The number of rotatable bonds is 3. The molecule has 1 fully saturated rings. The van der Waals surface area contributed by atoms with Crippen LogP contribution >= 0.6 is 15.9 Å². The second-order valence-corrected chi connectivity index (χ2v) is 7.66. The molecule has 23 heavy (non-hydrogen) atoms. The second kappa shape index (κ2) is 6.74. The van der Waals surface area contributed by atoms with Gasteiger partial charge in [0.05, 0.1) is 0 Å². The molecule has 0 amide bonds. The molecular weight excluding hydrogens is 348 g/mol. The maximum Gasteiger partial charge on any atom is 0.106 e. The van der Waals surface area contributed by atoms with E-state index < -0.39 is 0 Å². The van der Waals surface area contributed by atoms with Gasteiger partial charge in [-0.15, -0.1) is 0 Å². The molecule has 1 saturated carbocycles. The van der Waals surface area contributed by atoms with Crippen LogP contribution in [0.5, 0.6) is 0 Å². The van der Waals surface area contributed by atoms with Crippen molar-refractivity contribution in [2.24, 2.45) is 0 Å². The molecule has 2 nitrogen and oxygen atoms in total. The van der Waals surface area contributed by atoms with Gasteiger partial charge in [-0.05, 0) is 70.4 Å². The minimum atomic E-state index is 0.870. The largest absolute Gasteiger partial charge is 0.300 e. The van der Waals surface area contributed by atoms with E-state index in [2.05, 4.69) is 56.1 Å². The lowest BCUT2D eigenvalue weighted by Crippen LogP contribution is -2.41. The Morgan fingerprint density at radius 1 is 1.04 bits per heavy atom. The summed E-state index contributed by atoms with van der Waals surface area (Å²) in [7, 11) is 0. The van der Waals surface area contributed by atoms with Crippen LogP contribution in [0.3, 0.4) is 0 Å². The van der Waals surface area contributed by atoms with Crippen molar-refractivity contribution in [1.29, 1.82) is 0 Å². The van der Waals surface area contributed by atoms with Gasteiger partial charge in [0.1, 0.15) is 4.60 Å². The first-order valence-corrected chi connectivity index (χ1v) is 9.53. The molecule has 0 bridgehead atoms. The zero-order chi connectivity index (χ0) is 15.6. The number of pyridine rings is 1. The van der Waals surface area contributed by atoms with E-state index >= 15 is 0 Å². The molecule has 4 rings (SSSR count). The van der Waals surface area contributed by atoms with Crippen molar-refractivity contribution >= 4 is 15.9 Å². The van der Waals surface area contributed by atoms with E-state index in [4.69, 9.17) is 0 Å². The zero-order valence-corrected chi connectivity index (χ0v) is 15.1. The van der Waals surface area contributed by atoms with Gasteiger partial charge in [0.15, 0.2) is 0 Å². The summed E-state index contributed by atoms with van der Waals surface area (Å²) >= 11 is 3.46. The third-order valence-corrected chi connectivity index (χ3v) is 5.80. The Labute approximate surface area is 147 Å². The van der Waals surface area contributed by atoms with E-state index in [-0.39, 0.29) is 0 Å². The highest BCUT2D eigenvalue weighted by atomic mass is 79.9. The Morgan fingerprint density at radius 3 is 2.61 bits per heavy atom. The number of aromatic nitrogens is 1. The number of hydrogen-bond acceptors (Lipinski definition) is 2. The average Bonchev–Trinajstić information content (AvgIpc) is 2.68. The van der Waals surface area contributed by atoms with Crippen LogP contribution in [0.15, 0.2) is 41.0 Å². The van der Waals surface area contributed by atoms with E-state index in [0.717, 1.165) is 22.8 Å². The summed E-state index contributed by atoms with van der Waals surface area (Å²) < 4.78 is 0.918. The fourth-order valence-electron chi connectivity index (χ4n) is 3.78. The Kier molecular flexibility index (Phi) is 4.50. The summed E-state index contributed by atoms with van der Waals surface area (Å²) in [5, 5.41) is 0. The van der Waals surface area contributed by atoms with E-state index in [9.17, 15) is 0 Å². The van der Waals surface area contributed by atoms with Crippen LogP contribution in [0.25, 0.3) is 0 Å². The SMILES string of the molecule is Brc1cccc(Cc2ccc3c(c2)CCN(C2CCC2)CC3)n1. The fraction of sp³-hybridized carbons (Fsp3) is 0.450. The van der Waals surface area contributed by atoms with Crippen LogP contribution in [-0.2, 0) is 19.3 Å². The summed E-state index contributed by atoms with van der Waals surface area (Å²) in [6.07, 6.45) is 7.58. The fourth-order valence-corrected chi connectivity index (χ4v) is 4.16. The van der Waals surface area contributed by atoms with Crippen molar-refractivity contribution in [3.8, 4) is 0 Å². The van der Waals surface area contributed by atoms with Crippen molar-refractivity contribution in [2.45, 2.75) is 44.6 Å². The van der Waals surface area contributed by atoms with Gasteiger partial charge in [-0.2, -0.15) is 0 Å².